The fourth-order valence-corrected chi connectivity index (χ4v) is 10.2. The van der Waals surface area contributed by atoms with Gasteiger partial charge < -0.3 is 10.2 Å². The van der Waals surface area contributed by atoms with E-state index in [9.17, 15) is 4.79 Å². The first-order valence-corrected chi connectivity index (χ1v) is 17.3. The van der Waals surface area contributed by atoms with Gasteiger partial charge >= 0.3 is 0 Å². The number of unbranched alkanes of at least 4 members (excludes halogenated alkanes) is 8. The van der Waals surface area contributed by atoms with E-state index >= 15 is 0 Å². The summed E-state index contributed by atoms with van der Waals surface area (Å²) in [5.41, 5.74) is 0.539. The molecule has 0 saturated heterocycles. The van der Waals surface area contributed by atoms with E-state index in [-0.39, 0.29) is 11.3 Å². The highest BCUT2D eigenvalue weighted by Gasteiger charge is 2.61. The molecule has 4 heteroatoms. The van der Waals surface area contributed by atoms with Crippen LogP contribution < -0.4 is 5.32 Å². The Hall–Kier alpha value is -0.900. The quantitative estimate of drug-likeness (QED) is 0.181. The first kappa shape index (κ1) is 31.0. The van der Waals surface area contributed by atoms with E-state index in [4.69, 9.17) is 12.2 Å². The summed E-state index contributed by atoms with van der Waals surface area (Å²) in [6.07, 6.45) is 25.3. The number of carbonyl (C=O) groups is 1. The second-order valence-electron chi connectivity index (χ2n) is 14.8. The van der Waals surface area contributed by atoms with Crippen molar-refractivity contribution in [2.45, 2.75) is 149 Å². The molecule has 8 atom stereocenters. The molecule has 0 aromatic carbocycles. The third-order valence-corrected chi connectivity index (χ3v) is 12.5. The van der Waals surface area contributed by atoms with E-state index < -0.39 is 0 Å². The van der Waals surface area contributed by atoms with Crippen LogP contribution in [-0.2, 0) is 4.79 Å². The third kappa shape index (κ3) is 6.46. The first-order valence-electron chi connectivity index (χ1n) is 16.9. The number of fused-ring (bicyclic) bond motifs is 5. The number of likely N-dealkylation sites (N-methyl/N-ethyl adjacent to an activating group) is 1. The molecule has 1 N–H and O–H groups in total. The number of hydrogen-bond donors (Lipinski definition) is 1. The summed E-state index contributed by atoms with van der Waals surface area (Å²) in [6.45, 7) is 12.2. The van der Waals surface area contributed by atoms with Crippen LogP contribution in [0.15, 0.2) is 12.2 Å². The molecule has 3 nitrogen and oxygen atoms in total. The van der Waals surface area contributed by atoms with E-state index in [1.807, 2.05) is 13.1 Å². The van der Waals surface area contributed by atoms with Crippen LogP contribution >= 0.6 is 12.2 Å². The van der Waals surface area contributed by atoms with E-state index in [1.165, 1.54) is 89.9 Å². The second kappa shape index (κ2) is 13.4. The maximum absolute atomic E-state index is 12.4. The highest BCUT2D eigenvalue weighted by Crippen LogP contribution is 2.66. The standard InChI is InChI=1S/C35H60N2OS/c1-7-8-9-10-11-12-13-14-15-16-31(39)36-33(25(2)3)29-19-18-27-26-17-20-30-35(5,24-22-32(38)37(30)6)28(26)21-23-34(27,29)4/h22,24-30,33H,7-21,23H2,1-6H3,(H,36,39)/t26-,27-,28-,29+,30+,33?,34-,35+/m0/s1. The van der Waals surface area contributed by atoms with Crippen LogP contribution in [0.2, 0.25) is 0 Å². The van der Waals surface area contributed by atoms with E-state index in [0.717, 1.165) is 29.7 Å². The topological polar surface area (TPSA) is 32.3 Å². The van der Waals surface area contributed by atoms with Crippen LogP contribution in [0.4, 0.5) is 0 Å². The fraction of sp³-hybridized carbons (Fsp3) is 0.886. The van der Waals surface area contributed by atoms with Crippen molar-refractivity contribution in [1.29, 1.82) is 0 Å². The zero-order valence-corrected chi connectivity index (χ0v) is 27.1. The summed E-state index contributed by atoms with van der Waals surface area (Å²) in [7, 11) is 2.03. The van der Waals surface area contributed by atoms with Crippen molar-refractivity contribution in [3.05, 3.63) is 12.2 Å². The summed E-state index contributed by atoms with van der Waals surface area (Å²) >= 11 is 5.96. The van der Waals surface area contributed by atoms with Crippen LogP contribution in [0.5, 0.6) is 0 Å². The number of nitrogens with zero attached hydrogens (tertiary/aromatic N) is 1. The minimum absolute atomic E-state index is 0.137. The number of amides is 1. The number of hydrogen-bond acceptors (Lipinski definition) is 2. The molecule has 3 aliphatic carbocycles. The van der Waals surface area contributed by atoms with Gasteiger partial charge in [-0.3, -0.25) is 4.79 Å². The molecular formula is C35H60N2OS. The van der Waals surface area contributed by atoms with Gasteiger partial charge in [0.05, 0.1) is 4.99 Å². The summed E-state index contributed by atoms with van der Waals surface area (Å²) in [5, 5.41) is 3.95. The Morgan fingerprint density at radius 1 is 0.974 bits per heavy atom. The van der Waals surface area contributed by atoms with Crippen molar-refractivity contribution in [2.75, 3.05) is 7.05 Å². The van der Waals surface area contributed by atoms with Gasteiger partial charge in [0.25, 0.3) is 0 Å². The second-order valence-corrected chi connectivity index (χ2v) is 15.3. The van der Waals surface area contributed by atoms with Gasteiger partial charge in [-0.2, -0.15) is 0 Å². The Morgan fingerprint density at radius 3 is 2.31 bits per heavy atom. The minimum atomic E-state index is 0.137. The monoisotopic (exact) mass is 556 g/mol. The predicted molar refractivity (Wildman–Crippen MR) is 170 cm³/mol. The normalized spacial score (nSPS) is 36.4. The van der Waals surface area contributed by atoms with Crippen molar-refractivity contribution in [2.24, 2.45) is 40.4 Å². The van der Waals surface area contributed by atoms with Gasteiger partial charge in [-0.05, 0) is 92.4 Å². The molecule has 0 aromatic rings. The zero-order valence-electron chi connectivity index (χ0n) is 26.3. The summed E-state index contributed by atoms with van der Waals surface area (Å²) in [4.78, 5) is 15.6. The SMILES string of the molecule is CCCCCCCCCCCC(=S)NC(C(C)C)[C@H]1CC[C@H]2[C@@H]3CC[C@H]4N(C)C(=O)C=C[C@]4(C)[C@H]3CC[C@]12C. The van der Waals surface area contributed by atoms with E-state index in [2.05, 4.69) is 50.9 Å². The maximum atomic E-state index is 12.4. The number of nitrogens with one attached hydrogen (secondary N) is 1. The molecule has 0 bridgehead atoms. The van der Waals surface area contributed by atoms with Gasteiger partial charge in [0, 0.05) is 24.5 Å². The van der Waals surface area contributed by atoms with Crippen LogP contribution in [0.1, 0.15) is 137 Å². The Morgan fingerprint density at radius 2 is 1.64 bits per heavy atom. The Bertz CT molecular complexity index is 869. The van der Waals surface area contributed by atoms with Gasteiger partial charge in [-0.15, -0.1) is 0 Å². The molecule has 0 radical (unpaired) electrons. The zero-order chi connectivity index (χ0) is 28.2. The van der Waals surface area contributed by atoms with Crippen LogP contribution in [-0.4, -0.2) is 34.9 Å². The average Bonchev–Trinajstić information content (AvgIpc) is 3.25. The lowest BCUT2D eigenvalue weighted by molar-refractivity contribution is -0.139. The van der Waals surface area contributed by atoms with Gasteiger partial charge in [0.2, 0.25) is 5.91 Å². The molecular weight excluding hydrogens is 496 g/mol. The predicted octanol–water partition coefficient (Wildman–Crippen LogP) is 9.10. The molecule has 1 amide bonds. The van der Waals surface area contributed by atoms with Crippen LogP contribution in [0.25, 0.3) is 0 Å². The van der Waals surface area contributed by atoms with Crippen molar-refractivity contribution >= 4 is 23.1 Å². The fourth-order valence-electron chi connectivity index (χ4n) is 9.96. The molecule has 222 valence electrons. The van der Waals surface area contributed by atoms with Crippen molar-refractivity contribution in [1.82, 2.24) is 10.2 Å². The smallest absolute Gasteiger partial charge is 0.246 e. The lowest BCUT2D eigenvalue weighted by Crippen LogP contribution is -2.60. The average molecular weight is 557 g/mol. The molecule has 39 heavy (non-hydrogen) atoms. The minimum Gasteiger partial charge on any atom is -0.376 e. The molecule has 3 fully saturated rings. The Kier molecular flexibility index (Phi) is 10.7. The van der Waals surface area contributed by atoms with E-state index in [1.54, 1.807) is 0 Å². The van der Waals surface area contributed by atoms with Gasteiger partial charge in [0.1, 0.15) is 0 Å². The molecule has 1 unspecified atom stereocenters. The lowest BCUT2D eigenvalue weighted by atomic mass is 9.47. The first-order chi connectivity index (χ1) is 18.6. The number of rotatable bonds is 13. The third-order valence-electron chi connectivity index (χ3n) is 12.2. The molecule has 3 saturated carbocycles. The Labute approximate surface area is 246 Å². The van der Waals surface area contributed by atoms with E-state index in [0.29, 0.717) is 35.3 Å². The summed E-state index contributed by atoms with van der Waals surface area (Å²) in [5.74, 6) is 3.81. The number of carbonyl (C=O) groups excluding carboxylic acids is 1. The van der Waals surface area contributed by atoms with Crippen molar-refractivity contribution in [3.63, 3.8) is 0 Å². The van der Waals surface area contributed by atoms with Crippen LogP contribution in [0, 0.1) is 40.4 Å². The van der Waals surface area contributed by atoms with Gasteiger partial charge in [-0.1, -0.05) is 104 Å². The lowest BCUT2D eigenvalue weighted by Gasteiger charge is -2.60. The molecule has 4 aliphatic rings. The van der Waals surface area contributed by atoms with Crippen LogP contribution in [0.3, 0.4) is 0 Å². The van der Waals surface area contributed by atoms with Crippen molar-refractivity contribution in [3.8, 4) is 0 Å². The highest BCUT2D eigenvalue weighted by molar-refractivity contribution is 7.80. The van der Waals surface area contributed by atoms with Gasteiger partial charge in [-0.25, -0.2) is 0 Å². The summed E-state index contributed by atoms with van der Waals surface area (Å²) in [6, 6.07) is 0.870. The molecule has 1 heterocycles. The highest BCUT2D eigenvalue weighted by atomic mass is 32.1. The molecule has 1 aliphatic heterocycles. The molecule has 0 aromatic heterocycles. The number of thiocarbonyl (C=S) groups is 1. The molecule has 0 spiro atoms. The van der Waals surface area contributed by atoms with Crippen molar-refractivity contribution < 1.29 is 4.79 Å². The Balaban J connectivity index is 1.32. The molecule has 4 rings (SSSR count). The summed E-state index contributed by atoms with van der Waals surface area (Å²) < 4.78 is 0. The largest absolute Gasteiger partial charge is 0.376 e. The maximum Gasteiger partial charge on any atom is 0.246 e. The van der Waals surface area contributed by atoms with Gasteiger partial charge in [0.15, 0.2) is 0 Å².